The quantitative estimate of drug-likeness (QED) is 0.466. The van der Waals surface area contributed by atoms with E-state index in [1.54, 1.807) is 12.1 Å². The van der Waals surface area contributed by atoms with Gasteiger partial charge in [-0.2, -0.15) is 0 Å². The van der Waals surface area contributed by atoms with Crippen LogP contribution in [0.3, 0.4) is 0 Å². The van der Waals surface area contributed by atoms with E-state index in [9.17, 15) is 4.79 Å². The molecule has 0 aliphatic heterocycles. The number of nitrogens with two attached hydrogens (primary N) is 1. The van der Waals surface area contributed by atoms with Gasteiger partial charge in [-0.1, -0.05) is 12.1 Å². The van der Waals surface area contributed by atoms with Crippen LogP contribution in [0, 0.1) is 0 Å². The summed E-state index contributed by atoms with van der Waals surface area (Å²) in [5.41, 5.74) is 7.68. The van der Waals surface area contributed by atoms with E-state index in [2.05, 4.69) is 10.3 Å². The molecular formula is C12H15N3O2. The summed E-state index contributed by atoms with van der Waals surface area (Å²) in [6, 6.07) is 7.29. The summed E-state index contributed by atoms with van der Waals surface area (Å²) in [6.07, 6.45) is 0.550. The number of benzene rings is 1. The monoisotopic (exact) mass is 233 g/mol. The Morgan fingerprint density at radius 2 is 2.29 bits per heavy atom. The molecule has 1 aromatic heterocycles. The number of rotatable bonds is 4. The first-order chi connectivity index (χ1) is 8.22. The van der Waals surface area contributed by atoms with Crippen molar-refractivity contribution in [3.63, 3.8) is 0 Å². The molecule has 5 N–H and O–H groups in total. The number of anilines is 1. The number of hydrogen-bond donors (Lipinski definition) is 4. The Balaban J connectivity index is 2.19. The molecule has 90 valence electrons. The summed E-state index contributed by atoms with van der Waals surface area (Å²) in [4.78, 5) is 14.7. The number of aliphatic hydroxyl groups excluding tert-OH is 1. The van der Waals surface area contributed by atoms with Crippen LogP contribution >= 0.6 is 0 Å². The summed E-state index contributed by atoms with van der Waals surface area (Å²) in [5, 5.41) is 12.2. The first kappa shape index (κ1) is 11.5. The number of para-hydroxylation sites is 1. The maximum atomic E-state index is 11.7. The number of fused-ring (bicyclic) bond motifs is 1. The highest BCUT2D eigenvalue weighted by molar-refractivity contribution is 6.00. The van der Waals surface area contributed by atoms with Gasteiger partial charge in [0.05, 0.1) is 11.2 Å². The van der Waals surface area contributed by atoms with Crippen molar-refractivity contribution in [1.29, 1.82) is 0 Å². The fraction of sp³-hybridized carbons (Fsp3) is 0.250. The molecule has 2 aromatic rings. The van der Waals surface area contributed by atoms with E-state index in [1.807, 2.05) is 12.1 Å². The van der Waals surface area contributed by atoms with E-state index >= 15 is 0 Å². The van der Waals surface area contributed by atoms with Crippen molar-refractivity contribution >= 4 is 22.5 Å². The van der Waals surface area contributed by atoms with Crippen LogP contribution in [0.25, 0.3) is 10.9 Å². The van der Waals surface area contributed by atoms with Crippen LogP contribution < -0.4 is 11.1 Å². The van der Waals surface area contributed by atoms with E-state index in [1.165, 1.54) is 0 Å². The molecular weight excluding hydrogens is 218 g/mol. The molecule has 0 unspecified atom stereocenters. The third-order valence-electron chi connectivity index (χ3n) is 2.55. The van der Waals surface area contributed by atoms with Crippen LogP contribution in [0.4, 0.5) is 5.69 Å². The number of aromatic amines is 1. The minimum Gasteiger partial charge on any atom is -0.397 e. The zero-order valence-electron chi connectivity index (χ0n) is 9.36. The van der Waals surface area contributed by atoms with Gasteiger partial charge in [-0.05, 0) is 18.6 Å². The fourth-order valence-corrected chi connectivity index (χ4v) is 1.68. The van der Waals surface area contributed by atoms with Crippen molar-refractivity contribution in [2.24, 2.45) is 0 Å². The number of carbonyl (C=O) groups is 1. The number of hydrogen-bond acceptors (Lipinski definition) is 3. The van der Waals surface area contributed by atoms with Gasteiger partial charge in [-0.3, -0.25) is 4.79 Å². The SMILES string of the molecule is Nc1cccc2cc(C(=O)NCCCO)[nH]c12. The van der Waals surface area contributed by atoms with Crippen LogP contribution in [0.5, 0.6) is 0 Å². The number of aromatic nitrogens is 1. The van der Waals surface area contributed by atoms with Crippen LogP contribution in [-0.2, 0) is 0 Å². The Bertz CT molecular complexity index is 534. The van der Waals surface area contributed by atoms with Gasteiger partial charge < -0.3 is 21.1 Å². The van der Waals surface area contributed by atoms with E-state index in [4.69, 9.17) is 10.8 Å². The topological polar surface area (TPSA) is 91.1 Å². The average Bonchev–Trinajstić information content (AvgIpc) is 2.75. The van der Waals surface area contributed by atoms with E-state index in [0.29, 0.717) is 24.3 Å². The van der Waals surface area contributed by atoms with Crippen LogP contribution in [0.2, 0.25) is 0 Å². The minimum absolute atomic E-state index is 0.0694. The standard InChI is InChI=1S/C12H15N3O2/c13-9-4-1-3-8-7-10(15-11(8)9)12(17)14-5-2-6-16/h1,3-4,7,15-16H,2,5-6,13H2,(H,14,17). The number of nitrogens with one attached hydrogen (secondary N) is 2. The summed E-state index contributed by atoms with van der Waals surface area (Å²) >= 11 is 0. The van der Waals surface area contributed by atoms with E-state index in [0.717, 1.165) is 10.9 Å². The second kappa shape index (κ2) is 4.88. The Morgan fingerprint density at radius 3 is 3.00 bits per heavy atom. The highest BCUT2D eigenvalue weighted by Crippen LogP contribution is 2.20. The minimum atomic E-state index is -0.186. The van der Waals surface area contributed by atoms with Crippen molar-refractivity contribution in [1.82, 2.24) is 10.3 Å². The van der Waals surface area contributed by atoms with Crippen LogP contribution in [0.15, 0.2) is 24.3 Å². The van der Waals surface area contributed by atoms with Crippen molar-refractivity contribution in [3.8, 4) is 0 Å². The molecule has 0 spiro atoms. The first-order valence-corrected chi connectivity index (χ1v) is 5.48. The Morgan fingerprint density at radius 1 is 1.47 bits per heavy atom. The molecule has 2 rings (SSSR count). The lowest BCUT2D eigenvalue weighted by atomic mass is 10.2. The third kappa shape index (κ3) is 2.39. The molecule has 0 radical (unpaired) electrons. The van der Waals surface area contributed by atoms with Crippen molar-refractivity contribution in [2.75, 3.05) is 18.9 Å². The first-order valence-electron chi connectivity index (χ1n) is 5.48. The normalized spacial score (nSPS) is 10.6. The van der Waals surface area contributed by atoms with Gasteiger partial charge >= 0.3 is 0 Å². The lowest BCUT2D eigenvalue weighted by Gasteiger charge is -2.01. The molecule has 1 aromatic carbocycles. The summed E-state index contributed by atoms with van der Waals surface area (Å²) in [5.74, 6) is -0.186. The number of H-pyrrole nitrogens is 1. The zero-order chi connectivity index (χ0) is 12.3. The maximum Gasteiger partial charge on any atom is 0.267 e. The second-order valence-corrected chi connectivity index (χ2v) is 3.83. The van der Waals surface area contributed by atoms with E-state index < -0.39 is 0 Å². The molecule has 0 aliphatic rings. The Kier molecular flexibility index (Phi) is 3.30. The molecule has 0 atom stereocenters. The fourth-order valence-electron chi connectivity index (χ4n) is 1.68. The van der Waals surface area contributed by atoms with Crippen molar-refractivity contribution < 1.29 is 9.90 Å². The van der Waals surface area contributed by atoms with Gasteiger partial charge in [0.25, 0.3) is 5.91 Å². The molecule has 0 aliphatic carbocycles. The molecule has 5 heteroatoms. The Hall–Kier alpha value is -2.01. The molecule has 0 bridgehead atoms. The summed E-state index contributed by atoms with van der Waals surface area (Å²) in [6.45, 7) is 0.528. The summed E-state index contributed by atoms with van der Waals surface area (Å²) in [7, 11) is 0. The number of carbonyl (C=O) groups excluding carboxylic acids is 1. The third-order valence-corrected chi connectivity index (χ3v) is 2.55. The number of aliphatic hydroxyl groups is 1. The van der Waals surface area contributed by atoms with E-state index in [-0.39, 0.29) is 12.5 Å². The molecule has 17 heavy (non-hydrogen) atoms. The van der Waals surface area contributed by atoms with Crippen molar-refractivity contribution in [3.05, 3.63) is 30.0 Å². The molecule has 0 saturated heterocycles. The maximum absolute atomic E-state index is 11.7. The highest BCUT2D eigenvalue weighted by Gasteiger charge is 2.09. The average molecular weight is 233 g/mol. The molecule has 1 amide bonds. The van der Waals surface area contributed by atoms with Crippen LogP contribution in [-0.4, -0.2) is 29.1 Å². The highest BCUT2D eigenvalue weighted by atomic mass is 16.3. The Labute approximate surface area is 98.6 Å². The molecule has 1 heterocycles. The van der Waals surface area contributed by atoms with Crippen LogP contribution in [0.1, 0.15) is 16.9 Å². The smallest absolute Gasteiger partial charge is 0.267 e. The van der Waals surface area contributed by atoms with Gasteiger partial charge in [0.2, 0.25) is 0 Å². The lowest BCUT2D eigenvalue weighted by molar-refractivity contribution is 0.0947. The molecule has 0 fully saturated rings. The molecule has 5 nitrogen and oxygen atoms in total. The van der Waals surface area contributed by atoms with Crippen molar-refractivity contribution in [2.45, 2.75) is 6.42 Å². The zero-order valence-corrected chi connectivity index (χ0v) is 9.36. The summed E-state index contributed by atoms with van der Waals surface area (Å²) < 4.78 is 0. The van der Waals surface area contributed by atoms with Gasteiger partial charge in [-0.25, -0.2) is 0 Å². The van der Waals surface area contributed by atoms with Gasteiger partial charge in [-0.15, -0.1) is 0 Å². The number of nitrogen functional groups attached to an aromatic ring is 1. The predicted octanol–water partition coefficient (Wildman–Crippen LogP) is 0.862. The predicted molar refractivity (Wildman–Crippen MR) is 66.7 cm³/mol. The second-order valence-electron chi connectivity index (χ2n) is 3.83. The van der Waals surface area contributed by atoms with Gasteiger partial charge in [0, 0.05) is 18.5 Å². The molecule has 0 saturated carbocycles. The number of amides is 1. The largest absolute Gasteiger partial charge is 0.397 e. The lowest BCUT2D eigenvalue weighted by Crippen LogP contribution is -2.25. The van der Waals surface area contributed by atoms with Gasteiger partial charge in [0.1, 0.15) is 5.69 Å². The van der Waals surface area contributed by atoms with Gasteiger partial charge in [0.15, 0.2) is 0 Å².